The number of para-hydroxylation sites is 2. The highest BCUT2D eigenvalue weighted by molar-refractivity contribution is 7.80. The van der Waals surface area contributed by atoms with E-state index in [1.165, 1.54) is 0 Å². The Hall–Kier alpha value is -3.42. The Kier molecular flexibility index (Phi) is 5.39. The van der Waals surface area contributed by atoms with E-state index in [0.29, 0.717) is 38.5 Å². The molecule has 0 aliphatic heterocycles. The number of rotatable bonds is 3. The molecule has 0 saturated heterocycles. The Morgan fingerprint density at radius 3 is 2.70 bits per heavy atom. The van der Waals surface area contributed by atoms with Crippen molar-refractivity contribution in [2.45, 2.75) is 6.92 Å². The topological polar surface area (TPSA) is 87.4 Å². The van der Waals surface area contributed by atoms with Crippen molar-refractivity contribution in [2.24, 2.45) is 0 Å². The number of phenolic OH excluding ortho intramolecular Hbond substituents is 1. The van der Waals surface area contributed by atoms with Gasteiger partial charge in [0.15, 0.2) is 10.7 Å². The number of benzene rings is 3. The molecular weight excluding hydrogens is 422 g/mol. The minimum absolute atomic E-state index is 0.0565. The minimum atomic E-state index is -0.385. The Bertz CT molecular complexity index is 1250. The summed E-state index contributed by atoms with van der Waals surface area (Å²) in [5.41, 5.74) is 3.28. The first-order chi connectivity index (χ1) is 14.4. The molecule has 1 amide bonds. The molecule has 0 aliphatic rings. The largest absolute Gasteiger partial charge is 0.507 e. The number of thiocarbonyl (C=S) groups is 1. The summed E-state index contributed by atoms with van der Waals surface area (Å²) in [4.78, 5) is 16.8. The number of halogens is 1. The molecule has 150 valence electrons. The molecule has 4 aromatic rings. The third-order valence-electron chi connectivity index (χ3n) is 4.40. The van der Waals surface area contributed by atoms with Crippen molar-refractivity contribution in [1.82, 2.24) is 10.3 Å². The van der Waals surface area contributed by atoms with Gasteiger partial charge in [-0.15, -0.1) is 0 Å². The molecule has 0 atom stereocenters. The number of amides is 1. The summed E-state index contributed by atoms with van der Waals surface area (Å²) < 4.78 is 5.77. The first-order valence-electron chi connectivity index (χ1n) is 8.98. The standard InChI is InChI=1S/C22H16ClN3O3S/c1-12-9-15(24-22(30)26-20(28)13-5-4-6-14(23)10-13)11-16(19(12)27)21-25-17-7-2-3-8-18(17)29-21/h2-11,27H,1H3,(H2,24,26,28,30). The molecule has 4 rings (SSSR count). The summed E-state index contributed by atoms with van der Waals surface area (Å²) in [5.74, 6) is -0.0417. The van der Waals surface area contributed by atoms with E-state index in [1.807, 2.05) is 18.2 Å². The van der Waals surface area contributed by atoms with E-state index >= 15 is 0 Å². The van der Waals surface area contributed by atoms with E-state index in [0.717, 1.165) is 0 Å². The third kappa shape index (κ3) is 4.12. The molecule has 3 aromatic carbocycles. The number of oxazole rings is 1. The van der Waals surface area contributed by atoms with Crippen LogP contribution >= 0.6 is 23.8 Å². The van der Waals surface area contributed by atoms with Crippen molar-refractivity contribution in [3.63, 3.8) is 0 Å². The first kappa shape index (κ1) is 19.9. The Balaban J connectivity index is 1.57. The fourth-order valence-electron chi connectivity index (χ4n) is 2.97. The Labute approximate surface area is 182 Å². The third-order valence-corrected chi connectivity index (χ3v) is 4.84. The Morgan fingerprint density at radius 1 is 1.13 bits per heavy atom. The number of aromatic nitrogens is 1. The number of aromatic hydroxyl groups is 1. The van der Waals surface area contributed by atoms with Crippen molar-refractivity contribution >= 4 is 51.6 Å². The number of nitrogens with one attached hydrogen (secondary N) is 2. The van der Waals surface area contributed by atoms with Gasteiger partial charge in [-0.1, -0.05) is 29.8 Å². The van der Waals surface area contributed by atoms with Gasteiger partial charge in [0.1, 0.15) is 11.3 Å². The fraction of sp³-hybridized carbons (Fsp3) is 0.0455. The lowest BCUT2D eigenvalue weighted by Gasteiger charge is -2.12. The molecule has 6 nitrogen and oxygen atoms in total. The molecule has 0 unspecified atom stereocenters. The van der Waals surface area contributed by atoms with E-state index in [-0.39, 0.29) is 22.7 Å². The lowest BCUT2D eigenvalue weighted by Crippen LogP contribution is -2.34. The molecule has 0 bridgehead atoms. The van der Waals surface area contributed by atoms with Gasteiger partial charge in [-0.25, -0.2) is 4.98 Å². The predicted molar refractivity (Wildman–Crippen MR) is 121 cm³/mol. The number of hydrogen-bond acceptors (Lipinski definition) is 5. The van der Waals surface area contributed by atoms with Crippen LogP contribution in [0.4, 0.5) is 5.69 Å². The minimum Gasteiger partial charge on any atom is -0.507 e. The summed E-state index contributed by atoms with van der Waals surface area (Å²) in [5, 5.41) is 16.6. The van der Waals surface area contributed by atoms with Crippen LogP contribution in [0.25, 0.3) is 22.6 Å². The summed E-state index contributed by atoms with van der Waals surface area (Å²) in [6.45, 7) is 1.75. The fourth-order valence-corrected chi connectivity index (χ4v) is 3.37. The van der Waals surface area contributed by atoms with Gasteiger partial charge in [-0.05, 0) is 67.2 Å². The number of hydrogen-bond donors (Lipinski definition) is 3. The second kappa shape index (κ2) is 8.14. The van der Waals surface area contributed by atoms with Crippen LogP contribution < -0.4 is 10.6 Å². The lowest BCUT2D eigenvalue weighted by molar-refractivity contribution is 0.0977. The SMILES string of the molecule is Cc1cc(NC(=S)NC(=O)c2cccc(Cl)c2)cc(-c2nc3ccccc3o2)c1O. The highest BCUT2D eigenvalue weighted by Crippen LogP contribution is 2.36. The zero-order chi connectivity index (χ0) is 21.3. The maximum absolute atomic E-state index is 12.3. The molecule has 1 heterocycles. The molecule has 30 heavy (non-hydrogen) atoms. The van der Waals surface area contributed by atoms with Crippen molar-refractivity contribution in [3.05, 3.63) is 76.8 Å². The van der Waals surface area contributed by atoms with Gasteiger partial charge in [-0.3, -0.25) is 10.1 Å². The molecule has 0 fully saturated rings. The highest BCUT2D eigenvalue weighted by Gasteiger charge is 2.16. The monoisotopic (exact) mass is 437 g/mol. The smallest absolute Gasteiger partial charge is 0.257 e. The van der Waals surface area contributed by atoms with Crippen LogP contribution in [0.3, 0.4) is 0 Å². The van der Waals surface area contributed by atoms with Gasteiger partial charge in [0.25, 0.3) is 5.91 Å². The van der Waals surface area contributed by atoms with Gasteiger partial charge < -0.3 is 14.8 Å². The molecular formula is C22H16ClN3O3S. The van der Waals surface area contributed by atoms with E-state index in [4.69, 9.17) is 28.2 Å². The van der Waals surface area contributed by atoms with Crippen LogP contribution in [-0.2, 0) is 0 Å². The maximum atomic E-state index is 12.3. The predicted octanol–water partition coefficient (Wildman–Crippen LogP) is 5.29. The van der Waals surface area contributed by atoms with Crippen molar-refractivity contribution in [1.29, 1.82) is 0 Å². The zero-order valence-corrected chi connectivity index (χ0v) is 17.3. The molecule has 0 saturated carbocycles. The molecule has 0 spiro atoms. The van der Waals surface area contributed by atoms with Crippen LogP contribution in [0.1, 0.15) is 15.9 Å². The second-order valence-corrected chi connectivity index (χ2v) is 7.44. The maximum Gasteiger partial charge on any atom is 0.257 e. The molecule has 3 N–H and O–H groups in total. The van der Waals surface area contributed by atoms with Crippen molar-refractivity contribution in [3.8, 4) is 17.2 Å². The number of aryl methyl sites for hydroxylation is 1. The average Bonchev–Trinajstić information content (AvgIpc) is 3.14. The zero-order valence-electron chi connectivity index (χ0n) is 15.8. The summed E-state index contributed by atoms with van der Waals surface area (Å²) in [7, 11) is 0. The molecule has 0 radical (unpaired) electrons. The summed E-state index contributed by atoms with van der Waals surface area (Å²) in [6.07, 6.45) is 0. The second-order valence-electron chi connectivity index (χ2n) is 6.59. The summed E-state index contributed by atoms with van der Waals surface area (Å²) >= 11 is 11.2. The van der Waals surface area contributed by atoms with E-state index in [9.17, 15) is 9.90 Å². The highest BCUT2D eigenvalue weighted by atomic mass is 35.5. The average molecular weight is 438 g/mol. The number of phenols is 1. The summed E-state index contributed by atoms with van der Waals surface area (Å²) in [6, 6.07) is 17.3. The number of fused-ring (bicyclic) bond motifs is 1. The number of carbonyl (C=O) groups is 1. The molecule has 8 heteroatoms. The van der Waals surface area contributed by atoms with Gasteiger partial charge in [0.2, 0.25) is 5.89 Å². The lowest BCUT2D eigenvalue weighted by atomic mass is 10.1. The van der Waals surface area contributed by atoms with Gasteiger partial charge in [0, 0.05) is 16.3 Å². The molecule has 1 aromatic heterocycles. The van der Waals surface area contributed by atoms with E-state index in [2.05, 4.69) is 15.6 Å². The molecule has 0 aliphatic carbocycles. The quantitative estimate of drug-likeness (QED) is 0.298. The number of anilines is 1. The number of carbonyl (C=O) groups excluding carboxylic acids is 1. The normalized spacial score (nSPS) is 10.7. The van der Waals surface area contributed by atoms with Crippen molar-refractivity contribution in [2.75, 3.05) is 5.32 Å². The van der Waals surface area contributed by atoms with Gasteiger partial charge in [-0.2, -0.15) is 0 Å². The van der Waals surface area contributed by atoms with Crippen LogP contribution in [-0.4, -0.2) is 21.1 Å². The van der Waals surface area contributed by atoms with Crippen LogP contribution in [0.5, 0.6) is 5.75 Å². The van der Waals surface area contributed by atoms with Crippen LogP contribution in [0.15, 0.2) is 65.1 Å². The van der Waals surface area contributed by atoms with E-state index < -0.39 is 0 Å². The van der Waals surface area contributed by atoms with Crippen molar-refractivity contribution < 1.29 is 14.3 Å². The van der Waals surface area contributed by atoms with E-state index in [1.54, 1.807) is 49.4 Å². The van der Waals surface area contributed by atoms with Gasteiger partial charge >= 0.3 is 0 Å². The number of nitrogens with zero attached hydrogens (tertiary/aromatic N) is 1. The van der Waals surface area contributed by atoms with Crippen LogP contribution in [0, 0.1) is 6.92 Å². The first-order valence-corrected chi connectivity index (χ1v) is 9.77. The van der Waals surface area contributed by atoms with Gasteiger partial charge in [0.05, 0.1) is 5.56 Å². The Morgan fingerprint density at radius 2 is 1.93 bits per heavy atom. The van der Waals surface area contributed by atoms with Crippen LogP contribution in [0.2, 0.25) is 5.02 Å².